The largest absolute Gasteiger partial charge is 0.350 e. The molecule has 0 aromatic carbocycles. The Labute approximate surface area is 125 Å². The summed E-state index contributed by atoms with van der Waals surface area (Å²) in [5.41, 5.74) is 2.35. The minimum Gasteiger partial charge on any atom is -0.350 e. The van der Waals surface area contributed by atoms with Crippen molar-refractivity contribution in [2.75, 3.05) is 18.4 Å². The molecule has 1 atom stereocenters. The molecule has 1 aliphatic rings. The highest BCUT2D eigenvalue weighted by Crippen LogP contribution is 2.16. The van der Waals surface area contributed by atoms with Crippen LogP contribution in [0.1, 0.15) is 24.2 Å². The summed E-state index contributed by atoms with van der Waals surface area (Å²) in [6.45, 7) is 5.14. The van der Waals surface area contributed by atoms with Gasteiger partial charge in [-0.15, -0.1) is 0 Å². The monoisotopic (exact) mass is 286 g/mol. The first-order chi connectivity index (χ1) is 10.2. The van der Waals surface area contributed by atoms with E-state index in [1.54, 1.807) is 12.4 Å². The molecular formula is C15H22N6. The number of aryl methyl sites for hydroxylation is 2. The fourth-order valence-corrected chi connectivity index (χ4v) is 2.81. The van der Waals surface area contributed by atoms with Gasteiger partial charge >= 0.3 is 0 Å². The summed E-state index contributed by atoms with van der Waals surface area (Å²) in [5, 5.41) is 7.97. The quantitative estimate of drug-likeness (QED) is 0.925. The van der Waals surface area contributed by atoms with Crippen LogP contribution in [0, 0.1) is 6.92 Å². The van der Waals surface area contributed by atoms with E-state index >= 15 is 0 Å². The number of anilines is 1. The van der Waals surface area contributed by atoms with Crippen molar-refractivity contribution in [2.45, 2.75) is 32.4 Å². The van der Waals surface area contributed by atoms with Gasteiger partial charge in [-0.25, -0.2) is 9.97 Å². The lowest BCUT2D eigenvalue weighted by molar-refractivity contribution is 0.205. The molecule has 2 aromatic rings. The summed E-state index contributed by atoms with van der Waals surface area (Å²) in [7, 11) is 1.99. The van der Waals surface area contributed by atoms with Crippen LogP contribution in [0.5, 0.6) is 0 Å². The van der Waals surface area contributed by atoms with E-state index in [4.69, 9.17) is 0 Å². The van der Waals surface area contributed by atoms with E-state index < -0.39 is 0 Å². The van der Waals surface area contributed by atoms with Gasteiger partial charge in [0.05, 0.1) is 5.69 Å². The van der Waals surface area contributed by atoms with Crippen molar-refractivity contribution in [3.05, 3.63) is 35.9 Å². The number of hydrogen-bond acceptors (Lipinski definition) is 5. The summed E-state index contributed by atoms with van der Waals surface area (Å²) < 4.78 is 1.94. The normalized spacial score (nSPS) is 19.6. The van der Waals surface area contributed by atoms with Crippen LogP contribution >= 0.6 is 0 Å². The zero-order valence-corrected chi connectivity index (χ0v) is 12.7. The second-order valence-corrected chi connectivity index (χ2v) is 5.69. The second kappa shape index (κ2) is 6.22. The van der Waals surface area contributed by atoms with Gasteiger partial charge in [-0.1, -0.05) is 0 Å². The van der Waals surface area contributed by atoms with Crippen molar-refractivity contribution in [1.82, 2.24) is 24.6 Å². The van der Waals surface area contributed by atoms with Gasteiger partial charge in [0, 0.05) is 44.3 Å². The summed E-state index contributed by atoms with van der Waals surface area (Å²) in [6, 6.07) is 4.41. The third-order valence-corrected chi connectivity index (χ3v) is 3.95. The predicted molar refractivity (Wildman–Crippen MR) is 81.9 cm³/mol. The van der Waals surface area contributed by atoms with Gasteiger partial charge in [0.2, 0.25) is 5.95 Å². The van der Waals surface area contributed by atoms with E-state index in [9.17, 15) is 0 Å². The van der Waals surface area contributed by atoms with Crippen molar-refractivity contribution < 1.29 is 0 Å². The first-order valence-electron chi connectivity index (χ1n) is 7.46. The average Bonchev–Trinajstić information content (AvgIpc) is 2.78. The van der Waals surface area contributed by atoms with Crippen LogP contribution < -0.4 is 5.32 Å². The first kappa shape index (κ1) is 14.0. The Morgan fingerprint density at radius 1 is 1.33 bits per heavy atom. The Morgan fingerprint density at radius 3 is 2.86 bits per heavy atom. The maximum Gasteiger partial charge on any atom is 0.222 e. The molecule has 1 N–H and O–H groups in total. The van der Waals surface area contributed by atoms with Crippen molar-refractivity contribution in [3.63, 3.8) is 0 Å². The number of aromatic nitrogens is 4. The molecular weight excluding hydrogens is 264 g/mol. The maximum atomic E-state index is 4.54. The second-order valence-electron chi connectivity index (χ2n) is 5.69. The molecule has 1 fully saturated rings. The van der Waals surface area contributed by atoms with Crippen LogP contribution in [-0.4, -0.2) is 43.8 Å². The van der Waals surface area contributed by atoms with Crippen LogP contribution in [0.25, 0.3) is 0 Å². The van der Waals surface area contributed by atoms with Crippen LogP contribution in [0.2, 0.25) is 0 Å². The van der Waals surface area contributed by atoms with Crippen molar-refractivity contribution in [3.8, 4) is 0 Å². The molecule has 0 aliphatic carbocycles. The minimum atomic E-state index is 0.408. The molecule has 0 saturated carbocycles. The van der Waals surface area contributed by atoms with Gasteiger partial charge < -0.3 is 5.32 Å². The molecule has 2 aromatic heterocycles. The number of nitrogens with one attached hydrogen (secondary N) is 1. The molecule has 6 nitrogen and oxygen atoms in total. The highest BCUT2D eigenvalue weighted by atomic mass is 15.3. The lowest BCUT2D eigenvalue weighted by Gasteiger charge is -2.32. The van der Waals surface area contributed by atoms with Crippen molar-refractivity contribution in [2.24, 2.45) is 7.05 Å². The molecule has 1 aliphatic heterocycles. The molecule has 0 bridgehead atoms. The number of likely N-dealkylation sites (tertiary alicyclic amines) is 1. The molecule has 0 amide bonds. The molecule has 0 radical (unpaired) electrons. The topological polar surface area (TPSA) is 58.9 Å². The van der Waals surface area contributed by atoms with Gasteiger partial charge in [0.1, 0.15) is 0 Å². The Kier molecular flexibility index (Phi) is 4.15. The van der Waals surface area contributed by atoms with Gasteiger partial charge in [-0.2, -0.15) is 5.10 Å². The number of piperidine rings is 1. The third kappa shape index (κ3) is 3.58. The number of nitrogens with zero attached hydrogens (tertiary/aromatic N) is 5. The van der Waals surface area contributed by atoms with E-state index in [2.05, 4.69) is 38.3 Å². The Bertz CT molecular complexity index is 560. The summed E-state index contributed by atoms with van der Waals surface area (Å²) in [6.07, 6.45) is 5.89. The Hall–Kier alpha value is -1.95. The molecule has 0 spiro atoms. The zero-order valence-electron chi connectivity index (χ0n) is 12.7. The number of hydrogen-bond donors (Lipinski definition) is 1. The van der Waals surface area contributed by atoms with E-state index in [0.717, 1.165) is 37.7 Å². The molecule has 3 rings (SSSR count). The lowest BCUT2D eigenvalue weighted by atomic mass is 10.1. The third-order valence-electron chi connectivity index (χ3n) is 3.95. The van der Waals surface area contributed by atoms with E-state index in [0.29, 0.717) is 6.04 Å². The van der Waals surface area contributed by atoms with Crippen molar-refractivity contribution >= 4 is 5.95 Å². The van der Waals surface area contributed by atoms with E-state index in [1.807, 2.05) is 17.8 Å². The van der Waals surface area contributed by atoms with Gasteiger partial charge in [0.15, 0.2) is 0 Å². The van der Waals surface area contributed by atoms with Crippen LogP contribution in [-0.2, 0) is 13.6 Å². The molecule has 112 valence electrons. The summed E-state index contributed by atoms with van der Waals surface area (Å²) in [5.74, 6) is 0.720. The van der Waals surface area contributed by atoms with E-state index in [-0.39, 0.29) is 0 Å². The van der Waals surface area contributed by atoms with Gasteiger partial charge in [-0.3, -0.25) is 9.58 Å². The average molecular weight is 286 g/mol. The predicted octanol–water partition coefficient (Wildman–Crippen LogP) is 1.60. The van der Waals surface area contributed by atoms with E-state index in [1.165, 1.54) is 12.1 Å². The maximum absolute atomic E-state index is 4.54. The summed E-state index contributed by atoms with van der Waals surface area (Å²) in [4.78, 5) is 10.9. The Morgan fingerprint density at radius 2 is 2.14 bits per heavy atom. The molecule has 3 heterocycles. The smallest absolute Gasteiger partial charge is 0.222 e. The Balaban J connectivity index is 1.58. The fourth-order valence-electron chi connectivity index (χ4n) is 2.81. The van der Waals surface area contributed by atoms with Crippen LogP contribution in [0.4, 0.5) is 5.95 Å². The molecule has 1 unspecified atom stereocenters. The summed E-state index contributed by atoms with van der Waals surface area (Å²) >= 11 is 0. The SMILES string of the molecule is Cc1cc(CN2CCCC(Nc3ncccn3)C2)nn1C. The molecule has 6 heteroatoms. The standard InChI is InChI=1S/C15H22N6/c1-12-9-14(19-20(12)2)11-21-8-3-5-13(10-21)18-15-16-6-4-7-17-15/h4,6-7,9,13H,3,5,8,10-11H2,1-2H3,(H,16,17,18). The van der Waals surface area contributed by atoms with Crippen molar-refractivity contribution in [1.29, 1.82) is 0 Å². The highest BCUT2D eigenvalue weighted by Gasteiger charge is 2.21. The van der Waals surface area contributed by atoms with Gasteiger partial charge in [0.25, 0.3) is 0 Å². The zero-order chi connectivity index (χ0) is 14.7. The molecule has 21 heavy (non-hydrogen) atoms. The number of rotatable bonds is 4. The van der Waals surface area contributed by atoms with Gasteiger partial charge in [-0.05, 0) is 38.4 Å². The molecule has 1 saturated heterocycles. The highest BCUT2D eigenvalue weighted by molar-refractivity contribution is 5.24. The lowest BCUT2D eigenvalue weighted by Crippen LogP contribution is -2.42. The fraction of sp³-hybridized carbons (Fsp3) is 0.533. The first-order valence-corrected chi connectivity index (χ1v) is 7.46. The minimum absolute atomic E-state index is 0.408. The van der Waals surface area contributed by atoms with Crippen LogP contribution in [0.15, 0.2) is 24.5 Å². The van der Waals surface area contributed by atoms with Crippen LogP contribution in [0.3, 0.4) is 0 Å².